The van der Waals surface area contributed by atoms with Crippen LogP contribution in [0.15, 0.2) is 22.8 Å². The second kappa shape index (κ2) is 5.98. The number of rotatable bonds is 4. The lowest BCUT2D eigenvalue weighted by atomic mass is 10.1. The third-order valence-electron chi connectivity index (χ3n) is 4.55. The molecule has 0 spiro atoms. The van der Waals surface area contributed by atoms with Crippen LogP contribution in [0.5, 0.6) is 5.88 Å². The number of aromatic hydroxyl groups is 1. The summed E-state index contributed by atoms with van der Waals surface area (Å²) in [4.78, 5) is 7.59. The SMILES string of the molecule is CCc1nc2sc([C@H](c3ccco3)[NH+]3CCCCC3)c(O)n2n1. The number of likely N-dealkylation sites (tertiary alicyclic amines) is 1. The van der Waals surface area contributed by atoms with Gasteiger partial charge in [0.25, 0.3) is 0 Å². The van der Waals surface area contributed by atoms with Gasteiger partial charge in [0.1, 0.15) is 4.88 Å². The van der Waals surface area contributed by atoms with E-state index in [2.05, 4.69) is 10.1 Å². The van der Waals surface area contributed by atoms with Crippen LogP contribution in [0, 0.1) is 0 Å². The summed E-state index contributed by atoms with van der Waals surface area (Å²) in [7, 11) is 0. The zero-order valence-electron chi connectivity index (χ0n) is 13.2. The van der Waals surface area contributed by atoms with Gasteiger partial charge in [-0.2, -0.15) is 4.52 Å². The maximum Gasteiger partial charge on any atom is 0.235 e. The molecule has 1 fully saturated rings. The molecule has 0 amide bonds. The number of hydrogen-bond acceptors (Lipinski definition) is 5. The van der Waals surface area contributed by atoms with Crippen LogP contribution in [-0.2, 0) is 6.42 Å². The van der Waals surface area contributed by atoms with Crippen molar-refractivity contribution < 1.29 is 14.4 Å². The van der Waals surface area contributed by atoms with Crippen molar-refractivity contribution in [1.82, 2.24) is 14.6 Å². The molecule has 1 aliphatic heterocycles. The summed E-state index contributed by atoms with van der Waals surface area (Å²) in [5.74, 6) is 1.87. The van der Waals surface area contributed by atoms with Crippen molar-refractivity contribution in [2.75, 3.05) is 13.1 Å². The topological polar surface area (TPSA) is 68.0 Å². The molecule has 0 aromatic carbocycles. The van der Waals surface area contributed by atoms with Gasteiger partial charge in [-0.25, -0.2) is 4.98 Å². The van der Waals surface area contributed by atoms with Crippen molar-refractivity contribution in [3.05, 3.63) is 34.9 Å². The third-order valence-corrected chi connectivity index (χ3v) is 5.64. The second-order valence-electron chi connectivity index (χ2n) is 6.03. The van der Waals surface area contributed by atoms with Crippen molar-refractivity contribution >= 4 is 16.3 Å². The van der Waals surface area contributed by atoms with Gasteiger partial charge in [-0.3, -0.25) is 0 Å². The van der Waals surface area contributed by atoms with Crippen molar-refractivity contribution in [1.29, 1.82) is 0 Å². The van der Waals surface area contributed by atoms with Crippen molar-refractivity contribution in [2.45, 2.75) is 38.6 Å². The van der Waals surface area contributed by atoms with E-state index >= 15 is 0 Å². The van der Waals surface area contributed by atoms with E-state index in [1.54, 1.807) is 10.8 Å². The number of piperidine rings is 1. The monoisotopic (exact) mass is 333 g/mol. The third kappa shape index (κ3) is 2.53. The largest absolute Gasteiger partial charge is 0.492 e. The summed E-state index contributed by atoms with van der Waals surface area (Å²) < 4.78 is 7.27. The molecule has 2 N–H and O–H groups in total. The molecule has 3 aromatic rings. The standard InChI is InChI=1S/C16H20N4O2S/c1-2-12-17-16-20(18-12)15(21)14(23-16)13(11-7-6-10-22-11)19-8-4-3-5-9-19/h6-7,10,13,21H,2-5,8-9H2,1H3/p+1/t13-/m0/s1. The van der Waals surface area contributed by atoms with Gasteiger partial charge in [0.05, 0.1) is 19.4 Å². The number of aryl methyl sites for hydroxylation is 1. The molecule has 1 atom stereocenters. The molecular weight excluding hydrogens is 312 g/mol. The molecule has 0 radical (unpaired) electrons. The molecule has 1 aliphatic rings. The Hall–Kier alpha value is -1.86. The highest BCUT2D eigenvalue weighted by molar-refractivity contribution is 7.17. The van der Waals surface area contributed by atoms with Crippen LogP contribution in [0.2, 0.25) is 0 Å². The second-order valence-corrected chi connectivity index (χ2v) is 7.04. The van der Waals surface area contributed by atoms with Crippen molar-refractivity contribution in [3.8, 4) is 5.88 Å². The number of aromatic nitrogens is 3. The summed E-state index contributed by atoms with van der Waals surface area (Å²) in [6.07, 6.45) is 6.19. The number of nitrogens with zero attached hydrogens (tertiary/aromatic N) is 3. The average Bonchev–Trinajstić information content (AvgIpc) is 3.29. The first-order valence-electron chi connectivity index (χ1n) is 8.23. The van der Waals surface area contributed by atoms with E-state index in [9.17, 15) is 5.11 Å². The fraction of sp³-hybridized carbons (Fsp3) is 0.500. The zero-order valence-corrected chi connectivity index (χ0v) is 14.0. The smallest absolute Gasteiger partial charge is 0.235 e. The molecule has 3 aromatic heterocycles. The van der Waals surface area contributed by atoms with Crippen LogP contribution in [0.1, 0.15) is 48.7 Å². The fourth-order valence-electron chi connectivity index (χ4n) is 3.39. The first kappa shape index (κ1) is 14.7. The zero-order chi connectivity index (χ0) is 15.8. The summed E-state index contributed by atoms with van der Waals surface area (Å²) in [5.41, 5.74) is 0. The number of quaternary nitrogens is 1. The average molecular weight is 333 g/mol. The highest BCUT2D eigenvalue weighted by atomic mass is 32.1. The van der Waals surface area contributed by atoms with Crippen LogP contribution < -0.4 is 4.90 Å². The molecule has 4 heterocycles. The van der Waals surface area contributed by atoms with Crippen LogP contribution in [0.3, 0.4) is 0 Å². The van der Waals surface area contributed by atoms with Gasteiger partial charge in [0.2, 0.25) is 10.8 Å². The van der Waals surface area contributed by atoms with E-state index < -0.39 is 0 Å². The first-order valence-corrected chi connectivity index (χ1v) is 9.05. The Bertz CT molecular complexity index is 787. The molecule has 4 rings (SSSR count). The quantitative estimate of drug-likeness (QED) is 0.764. The van der Waals surface area contributed by atoms with Gasteiger partial charge >= 0.3 is 0 Å². The van der Waals surface area contributed by atoms with E-state index in [0.717, 1.165) is 40.9 Å². The normalized spacial score (nSPS) is 17.8. The molecule has 23 heavy (non-hydrogen) atoms. The lowest BCUT2D eigenvalue weighted by Crippen LogP contribution is -3.13. The van der Waals surface area contributed by atoms with E-state index in [4.69, 9.17) is 4.42 Å². The summed E-state index contributed by atoms with van der Waals surface area (Å²) in [6.45, 7) is 4.21. The van der Waals surface area contributed by atoms with Crippen LogP contribution in [0.4, 0.5) is 0 Å². The highest BCUT2D eigenvalue weighted by Crippen LogP contribution is 2.35. The van der Waals surface area contributed by atoms with E-state index in [0.29, 0.717) is 0 Å². The predicted molar refractivity (Wildman–Crippen MR) is 87.0 cm³/mol. The Morgan fingerprint density at radius 1 is 1.39 bits per heavy atom. The molecule has 0 saturated carbocycles. The maximum absolute atomic E-state index is 10.7. The Morgan fingerprint density at radius 3 is 2.87 bits per heavy atom. The van der Waals surface area contributed by atoms with E-state index in [-0.39, 0.29) is 11.9 Å². The minimum absolute atomic E-state index is 0.0175. The fourth-order valence-corrected chi connectivity index (χ4v) is 4.53. The van der Waals surface area contributed by atoms with Gasteiger partial charge < -0.3 is 14.4 Å². The van der Waals surface area contributed by atoms with E-state index in [1.807, 2.05) is 19.1 Å². The van der Waals surface area contributed by atoms with Gasteiger partial charge in [-0.15, -0.1) is 5.10 Å². The molecule has 1 saturated heterocycles. The van der Waals surface area contributed by atoms with Crippen LogP contribution in [0.25, 0.3) is 4.96 Å². The Labute approximate surface area is 138 Å². The minimum Gasteiger partial charge on any atom is -0.492 e. The van der Waals surface area contributed by atoms with Crippen molar-refractivity contribution in [2.24, 2.45) is 0 Å². The lowest BCUT2D eigenvalue weighted by Gasteiger charge is -2.29. The minimum atomic E-state index is 0.0175. The summed E-state index contributed by atoms with van der Waals surface area (Å²) >= 11 is 1.52. The van der Waals surface area contributed by atoms with Crippen LogP contribution in [-0.4, -0.2) is 32.8 Å². The number of fused-ring (bicyclic) bond motifs is 1. The highest BCUT2D eigenvalue weighted by Gasteiger charge is 2.35. The maximum atomic E-state index is 10.7. The number of nitrogens with one attached hydrogen (secondary N) is 1. The number of thiazole rings is 1. The summed E-state index contributed by atoms with van der Waals surface area (Å²) in [6, 6.07) is 3.93. The van der Waals surface area contributed by atoms with Gasteiger partial charge in [-0.05, 0) is 31.4 Å². The van der Waals surface area contributed by atoms with E-state index in [1.165, 1.54) is 35.5 Å². The van der Waals surface area contributed by atoms with Crippen molar-refractivity contribution in [3.63, 3.8) is 0 Å². The molecule has 0 bridgehead atoms. The number of hydrogen-bond donors (Lipinski definition) is 2. The Kier molecular flexibility index (Phi) is 3.82. The summed E-state index contributed by atoms with van der Waals surface area (Å²) in [5, 5.41) is 15.1. The molecule has 0 unspecified atom stereocenters. The first-order chi connectivity index (χ1) is 11.3. The lowest BCUT2D eigenvalue weighted by molar-refractivity contribution is -0.930. The molecule has 6 nitrogen and oxygen atoms in total. The van der Waals surface area contributed by atoms with Gasteiger partial charge in [-0.1, -0.05) is 18.3 Å². The molecule has 122 valence electrons. The van der Waals surface area contributed by atoms with Crippen LogP contribution >= 0.6 is 11.3 Å². The molecule has 0 aliphatic carbocycles. The predicted octanol–water partition coefficient (Wildman–Crippen LogP) is 1.81. The molecule has 7 heteroatoms. The number of furan rings is 1. The van der Waals surface area contributed by atoms with Gasteiger partial charge in [0.15, 0.2) is 17.6 Å². The molecular formula is C16H21N4O2S+. The Balaban J connectivity index is 1.79. The Morgan fingerprint density at radius 2 is 2.22 bits per heavy atom. The van der Waals surface area contributed by atoms with Gasteiger partial charge in [0, 0.05) is 6.42 Å².